The zero-order valence-electron chi connectivity index (χ0n) is 19.3. The van der Waals surface area contributed by atoms with Crippen molar-refractivity contribution in [3.05, 3.63) is 70.8 Å². The molecule has 0 unspecified atom stereocenters. The van der Waals surface area contributed by atoms with Crippen molar-refractivity contribution in [2.24, 2.45) is 0 Å². The van der Waals surface area contributed by atoms with Crippen LogP contribution in [0.2, 0.25) is 5.02 Å². The Balaban J connectivity index is 1.93. The van der Waals surface area contributed by atoms with E-state index in [9.17, 15) is 31.2 Å². The number of sulfonamides is 1. The number of aromatic nitrogens is 3. The number of nitrogens with one attached hydrogen (secondary N) is 1. The largest absolute Gasteiger partial charge is 0.404 e. The Bertz CT molecular complexity index is 1650. The molecule has 3 aromatic heterocycles. The Hall–Kier alpha value is -3.53. The number of alkyl halides is 3. The topological polar surface area (TPSA) is 101 Å². The molecule has 0 radical (unpaired) electrons. The molecule has 1 atom stereocenters. The van der Waals surface area contributed by atoms with Crippen LogP contribution in [-0.4, -0.2) is 35.2 Å². The highest BCUT2D eigenvalue weighted by atomic mass is 35.5. The van der Waals surface area contributed by atoms with Crippen LogP contribution in [-0.2, 0) is 16.4 Å². The van der Waals surface area contributed by atoms with Gasteiger partial charge in [0, 0.05) is 28.9 Å². The molecule has 3 heterocycles. The van der Waals surface area contributed by atoms with Crippen molar-refractivity contribution >= 4 is 32.5 Å². The molecule has 0 aliphatic rings. The molecule has 0 saturated heterocycles. The highest BCUT2D eigenvalue weighted by molar-refractivity contribution is 7.89. The third-order valence-electron chi connectivity index (χ3n) is 5.68. The van der Waals surface area contributed by atoms with Crippen LogP contribution in [0.1, 0.15) is 25.0 Å². The average molecular weight is 552 g/mol. The first-order valence-electron chi connectivity index (χ1n) is 10.8. The zero-order chi connectivity index (χ0) is 27.1. The van der Waals surface area contributed by atoms with Crippen LogP contribution in [0.15, 0.2) is 53.7 Å². The SMILES string of the molecule is CCc1cc2c(cc1F)c(C#N)c(-c1ccc(S(=O)(=O)N[C@@H](C)C(F)(F)F)cn1)n2-c1cc(Cl)ccn1. The fourth-order valence-corrected chi connectivity index (χ4v) is 5.11. The molecule has 0 spiro atoms. The molecule has 13 heteroatoms. The molecule has 1 aromatic carbocycles. The molecule has 4 aromatic rings. The summed E-state index contributed by atoms with van der Waals surface area (Å²) in [4.78, 5) is 7.95. The van der Waals surface area contributed by atoms with Gasteiger partial charge in [-0.3, -0.25) is 9.55 Å². The lowest BCUT2D eigenvalue weighted by Crippen LogP contribution is -2.42. The minimum atomic E-state index is -4.78. The lowest BCUT2D eigenvalue weighted by molar-refractivity contribution is -0.147. The van der Waals surface area contributed by atoms with Crippen LogP contribution < -0.4 is 4.72 Å². The zero-order valence-corrected chi connectivity index (χ0v) is 20.9. The van der Waals surface area contributed by atoms with Crippen LogP contribution in [0.25, 0.3) is 28.1 Å². The van der Waals surface area contributed by atoms with Crippen molar-refractivity contribution in [3.8, 4) is 23.3 Å². The molecule has 0 aliphatic carbocycles. The summed E-state index contributed by atoms with van der Waals surface area (Å²) in [6.45, 7) is 2.45. The summed E-state index contributed by atoms with van der Waals surface area (Å²) in [5.41, 5.74) is 1.17. The first-order valence-corrected chi connectivity index (χ1v) is 12.7. The first kappa shape index (κ1) is 26.5. The van der Waals surface area contributed by atoms with Gasteiger partial charge < -0.3 is 0 Å². The van der Waals surface area contributed by atoms with Gasteiger partial charge >= 0.3 is 6.18 Å². The molecule has 192 valence electrons. The Morgan fingerprint density at radius 3 is 2.49 bits per heavy atom. The molecule has 0 aliphatic heterocycles. The highest BCUT2D eigenvalue weighted by Gasteiger charge is 2.39. The number of pyridine rings is 2. The normalized spacial score (nSPS) is 13.0. The lowest BCUT2D eigenvalue weighted by atomic mass is 10.1. The summed E-state index contributed by atoms with van der Waals surface area (Å²) in [6, 6.07) is 7.95. The van der Waals surface area contributed by atoms with E-state index >= 15 is 0 Å². The van der Waals surface area contributed by atoms with Gasteiger partial charge in [-0.15, -0.1) is 0 Å². The summed E-state index contributed by atoms with van der Waals surface area (Å²) in [5.74, 6) is -0.213. The van der Waals surface area contributed by atoms with Gasteiger partial charge in [0.15, 0.2) is 0 Å². The summed E-state index contributed by atoms with van der Waals surface area (Å²) in [5, 5.41) is 10.6. The van der Waals surface area contributed by atoms with Gasteiger partial charge in [-0.05, 0) is 49.2 Å². The molecule has 1 N–H and O–H groups in total. The van der Waals surface area contributed by atoms with E-state index in [4.69, 9.17) is 11.6 Å². The fourth-order valence-electron chi connectivity index (χ4n) is 3.78. The van der Waals surface area contributed by atoms with Crippen molar-refractivity contribution in [2.45, 2.75) is 37.4 Å². The van der Waals surface area contributed by atoms with Crippen molar-refractivity contribution in [2.75, 3.05) is 0 Å². The Labute approximate surface area is 214 Å². The molecule has 0 amide bonds. The smallest absolute Gasteiger partial charge is 0.291 e. The number of nitrogens with zero attached hydrogens (tertiary/aromatic N) is 4. The number of rotatable bonds is 6. The molecule has 4 rings (SSSR count). The number of hydrogen-bond donors (Lipinski definition) is 1. The second-order valence-corrected chi connectivity index (χ2v) is 10.2. The van der Waals surface area contributed by atoms with E-state index < -0.39 is 33.0 Å². The molecule has 0 bridgehead atoms. The molecule has 0 saturated carbocycles. The monoisotopic (exact) mass is 551 g/mol. The summed E-state index contributed by atoms with van der Waals surface area (Å²) < 4.78 is 81.3. The number of benzene rings is 1. The van der Waals surface area contributed by atoms with E-state index in [0.717, 1.165) is 12.3 Å². The fraction of sp³-hybridized carbons (Fsp3) is 0.208. The van der Waals surface area contributed by atoms with E-state index in [1.54, 1.807) is 28.3 Å². The average Bonchev–Trinajstić information content (AvgIpc) is 3.15. The van der Waals surface area contributed by atoms with Crippen molar-refractivity contribution < 1.29 is 26.0 Å². The Morgan fingerprint density at radius 2 is 1.92 bits per heavy atom. The molecule has 0 fully saturated rings. The quantitative estimate of drug-likeness (QED) is 0.317. The number of fused-ring (bicyclic) bond motifs is 1. The third kappa shape index (κ3) is 5.02. The van der Waals surface area contributed by atoms with Crippen LogP contribution in [0.5, 0.6) is 0 Å². The van der Waals surface area contributed by atoms with E-state index in [-0.39, 0.29) is 22.3 Å². The minimum absolute atomic E-state index is 0.0465. The number of aryl methyl sites for hydroxylation is 1. The van der Waals surface area contributed by atoms with Gasteiger partial charge in [0.2, 0.25) is 10.0 Å². The number of nitriles is 1. The van der Waals surface area contributed by atoms with Gasteiger partial charge in [0.1, 0.15) is 28.6 Å². The number of hydrogen-bond acceptors (Lipinski definition) is 5. The van der Waals surface area contributed by atoms with Gasteiger partial charge in [-0.25, -0.2) is 17.8 Å². The van der Waals surface area contributed by atoms with E-state index in [1.807, 2.05) is 0 Å². The maximum Gasteiger partial charge on any atom is 0.404 e. The Kier molecular flexibility index (Phi) is 6.98. The van der Waals surface area contributed by atoms with Gasteiger partial charge in [-0.1, -0.05) is 18.5 Å². The first-order chi connectivity index (χ1) is 17.4. The summed E-state index contributed by atoms with van der Waals surface area (Å²) in [7, 11) is -4.55. The maximum absolute atomic E-state index is 14.7. The van der Waals surface area contributed by atoms with E-state index in [1.165, 1.54) is 24.4 Å². The van der Waals surface area contributed by atoms with Crippen LogP contribution >= 0.6 is 11.6 Å². The maximum atomic E-state index is 14.7. The third-order valence-corrected chi connectivity index (χ3v) is 7.44. The summed E-state index contributed by atoms with van der Waals surface area (Å²) >= 11 is 6.17. The predicted octanol–water partition coefficient (Wildman–Crippen LogP) is 5.54. The molecule has 37 heavy (non-hydrogen) atoms. The van der Waals surface area contributed by atoms with Gasteiger partial charge in [0.25, 0.3) is 0 Å². The van der Waals surface area contributed by atoms with Crippen molar-refractivity contribution in [1.82, 2.24) is 19.3 Å². The van der Waals surface area contributed by atoms with Gasteiger partial charge in [-0.2, -0.15) is 23.2 Å². The summed E-state index contributed by atoms with van der Waals surface area (Å²) in [6.07, 6.45) is -2.07. The second-order valence-electron chi connectivity index (χ2n) is 8.08. The molecule has 7 nitrogen and oxygen atoms in total. The van der Waals surface area contributed by atoms with Crippen LogP contribution in [0.3, 0.4) is 0 Å². The molecular weight excluding hydrogens is 534 g/mol. The van der Waals surface area contributed by atoms with Crippen LogP contribution in [0.4, 0.5) is 17.6 Å². The standard InChI is InChI=1S/C24H18ClF4N5O2S/c1-3-14-8-21-17(10-19(14)26)18(11-30)23(34(21)22-9-15(25)6-7-31-22)20-5-4-16(12-32-20)37(35,36)33-13(2)24(27,28)29/h4-10,12-13,33H,3H2,1-2H3/t13-/m0/s1. The van der Waals surface area contributed by atoms with E-state index in [0.29, 0.717) is 35.3 Å². The highest BCUT2D eigenvalue weighted by Crippen LogP contribution is 2.37. The van der Waals surface area contributed by atoms with Crippen molar-refractivity contribution in [1.29, 1.82) is 5.26 Å². The Morgan fingerprint density at radius 1 is 1.19 bits per heavy atom. The lowest BCUT2D eigenvalue weighted by Gasteiger charge is -2.17. The van der Waals surface area contributed by atoms with E-state index in [2.05, 4.69) is 16.0 Å². The predicted molar refractivity (Wildman–Crippen MR) is 129 cm³/mol. The minimum Gasteiger partial charge on any atom is -0.291 e. The van der Waals surface area contributed by atoms with Crippen molar-refractivity contribution in [3.63, 3.8) is 0 Å². The van der Waals surface area contributed by atoms with Gasteiger partial charge in [0.05, 0.1) is 22.5 Å². The van der Waals surface area contributed by atoms with Crippen LogP contribution in [0, 0.1) is 17.1 Å². The second kappa shape index (κ2) is 9.74. The number of halogens is 5. The molecular formula is C24H18ClF4N5O2S.